The minimum absolute atomic E-state index is 0.235. The van der Waals surface area contributed by atoms with Crippen molar-refractivity contribution in [2.75, 3.05) is 12.4 Å². The summed E-state index contributed by atoms with van der Waals surface area (Å²) < 4.78 is 4.61. The predicted octanol–water partition coefficient (Wildman–Crippen LogP) is 2.91. The van der Waals surface area contributed by atoms with E-state index in [0.29, 0.717) is 5.70 Å². The lowest BCUT2D eigenvalue weighted by atomic mass is 9.97. The number of ether oxygens (including phenoxy) is 1. The van der Waals surface area contributed by atoms with E-state index < -0.39 is 6.09 Å². The molecule has 0 radical (unpaired) electrons. The summed E-state index contributed by atoms with van der Waals surface area (Å²) in [7, 11) is 1.27. The van der Waals surface area contributed by atoms with Crippen LogP contribution < -0.4 is 16.0 Å². The number of alkyl carbamates (subject to hydrolysis) is 1. The van der Waals surface area contributed by atoms with Gasteiger partial charge in [0.25, 0.3) is 5.91 Å². The first-order chi connectivity index (χ1) is 12.1. The van der Waals surface area contributed by atoms with E-state index in [0.717, 1.165) is 16.8 Å². The third kappa shape index (κ3) is 3.47. The van der Waals surface area contributed by atoms with Crippen LogP contribution in [0.5, 0.6) is 0 Å². The van der Waals surface area contributed by atoms with Gasteiger partial charge in [-0.05, 0) is 18.6 Å². The summed E-state index contributed by atoms with van der Waals surface area (Å²) in [6.07, 6.45) is -0.627. The first-order valence-electron chi connectivity index (χ1n) is 7.87. The predicted molar refractivity (Wildman–Crippen MR) is 94.7 cm³/mol. The Hall–Kier alpha value is -3.28. The average Bonchev–Trinajstić information content (AvgIpc) is 2.78. The minimum Gasteiger partial charge on any atom is -0.453 e. The van der Waals surface area contributed by atoms with Gasteiger partial charge in [0, 0.05) is 16.9 Å². The number of methoxy groups -OCH3 is 1. The fraction of sp³-hybridized carbons (Fsp3) is 0.158. The number of hydrogen-bond acceptors (Lipinski definition) is 4. The number of amides is 2. The Morgan fingerprint density at radius 3 is 2.48 bits per heavy atom. The summed E-state index contributed by atoms with van der Waals surface area (Å²) in [5.41, 5.74) is 3.36. The standard InChI is InChI=1S/C19H19N3O3/c1-12(20-19(24)25-2)16-18(23)21-15-11-7-6-10-14(15)17(22-16)13-8-4-3-5-9-13/h3-11,17,22H,1-2H3,(H,20,24)(H,21,23)/b16-12+/t17-/m1/s1. The van der Waals surface area contributed by atoms with Gasteiger partial charge >= 0.3 is 6.09 Å². The maximum atomic E-state index is 12.6. The number of allylic oxidation sites excluding steroid dienone is 1. The zero-order valence-electron chi connectivity index (χ0n) is 14.0. The van der Waals surface area contributed by atoms with Gasteiger partial charge in [0.15, 0.2) is 0 Å². The largest absolute Gasteiger partial charge is 0.453 e. The Labute approximate surface area is 145 Å². The van der Waals surface area contributed by atoms with Crippen molar-refractivity contribution in [2.45, 2.75) is 13.0 Å². The van der Waals surface area contributed by atoms with E-state index in [-0.39, 0.29) is 17.6 Å². The average molecular weight is 337 g/mol. The van der Waals surface area contributed by atoms with Crippen molar-refractivity contribution in [1.82, 2.24) is 10.6 Å². The molecule has 1 aliphatic heterocycles. The van der Waals surface area contributed by atoms with Gasteiger partial charge in [0.2, 0.25) is 0 Å². The molecule has 2 amide bonds. The van der Waals surface area contributed by atoms with Gasteiger partial charge in [-0.2, -0.15) is 0 Å². The van der Waals surface area contributed by atoms with Crippen LogP contribution in [0.1, 0.15) is 24.1 Å². The second kappa shape index (κ2) is 7.09. The molecule has 25 heavy (non-hydrogen) atoms. The molecule has 3 rings (SSSR count). The first-order valence-corrected chi connectivity index (χ1v) is 7.87. The molecule has 1 heterocycles. The van der Waals surface area contributed by atoms with E-state index >= 15 is 0 Å². The number of rotatable bonds is 2. The molecule has 128 valence electrons. The lowest BCUT2D eigenvalue weighted by Crippen LogP contribution is -2.32. The first kappa shape index (κ1) is 16.6. The van der Waals surface area contributed by atoms with Crippen LogP contribution >= 0.6 is 0 Å². The van der Waals surface area contributed by atoms with E-state index in [1.165, 1.54) is 7.11 Å². The van der Waals surface area contributed by atoms with E-state index in [9.17, 15) is 9.59 Å². The highest BCUT2D eigenvalue weighted by Crippen LogP contribution is 2.32. The van der Waals surface area contributed by atoms with Crippen LogP contribution in [-0.4, -0.2) is 19.1 Å². The van der Waals surface area contributed by atoms with Crippen LogP contribution in [0.2, 0.25) is 0 Å². The van der Waals surface area contributed by atoms with E-state index in [1.54, 1.807) is 6.92 Å². The fourth-order valence-corrected chi connectivity index (χ4v) is 2.79. The molecule has 1 aliphatic rings. The molecule has 0 spiro atoms. The molecule has 2 aromatic carbocycles. The molecule has 0 saturated heterocycles. The van der Waals surface area contributed by atoms with Crippen molar-refractivity contribution >= 4 is 17.7 Å². The molecule has 3 N–H and O–H groups in total. The van der Waals surface area contributed by atoms with Gasteiger partial charge in [-0.15, -0.1) is 0 Å². The zero-order valence-corrected chi connectivity index (χ0v) is 14.0. The number of nitrogens with one attached hydrogen (secondary N) is 3. The number of carbonyl (C=O) groups excluding carboxylic acids is 2. The quantitative estimate of drug-likeness (QED) is 0.736. The Balaban J connectivity index is 2.07. The third-order valence-electron chi connectivity index (χ3n) is 4.02. The molecule has 0 saturated carbocycles. The number of anilines is 1. The van der Waals surface area contributed by atoms with Gasteiger partial charge in [-0.25, -0.2) is 4.79 Å². The van der Waals surface area contributed by atoms with E-state index in [1.807, 2.05) is 54.6 Å². The summed E-state index contributed by atoms with van der Waals surface area (Å²) in [6, 6.07) is 17.2. The van der Waals surface area contributed by atoms with E-state index in [4.69, 9.17) is 0 Å². The molecule has 6 heteroatoms. The van der Waals surface area contributed by atoms with Crippen LogP contribution in [0.3, 0.4) is 0 Å². The number of para-hydroxylation sites is 1. The molecule has 6 nitrogen and oxygen atoms in total. The Bertz CT molecular complexity index is 831. The summed E-state index contributed by atoms with van der Waals surface area (Å²) in [5.74, 6) is -0.320. The topological polar surface area (TPSA) is 79.5 Å². The van der Waals surface area contributed by atoms with Crippen molar-refractivity contribution in [3.05, 3.63) is 77.1 Å². The smallest absolute Gasteiger partial charge is 0.411 e. The summed E-state index contributed by atoms with van der Waals surface area (Å²) in [6.45, 7) is 1.65. The van der Waals surface area contributed by atoms with Crippen molar-refractivity contribution in [1.29, 1.82) is 0 Å². The minimum atomic E-state index is -0.627. The summed E-state index contributed by atoms with van der Waals surface area (Å²) in [5, 5.41) is 8.71. The van der Waals surface area contributed by atoms with Gasteiger partial charge < -0.3 is 15.4 Å². The maximum Gasteiger partial charge on any atom is 0.411 e. The zero-order chi connectivity index (χ0) is 17.8. The monoisotopic (exact) mass is 337 g/mol. The van der Waals surface area contributed by atoms with Crippen LogP contribution in [0, 0.1) is 0 Å². The number of fused-ring (bicyclic) bond motifs is 1. The molecule has 1 atom stereocenters. The lowest BCUT2D eigenvalue weighted by molar-refractivity contribution is -0.113. The SMILES string of the molecule is COC(=O)N/C(C)=C1/N[C@H](c2ccccc2)c2ccccc2NC1=O. The molecular formula is C19H19N3O3. The molecule has 2 aromatic rings. The van der Waals surface area contributed by atoms with Gasteiger partial charge in [-0.3, -0.25) is 10.1 Å². The van der Waals surface area contributed by atoms with Crippen LogP contribution in [0.4, 0.5) is 10.5 Å². The highest BCUT2D eigenvalue weighted by molar-refractivity contribution is 6.05. The Morgan fingerprint density at radius 2 is 1.76 bits per heavy atom. The van der Waals surface area contributed by atoms with Crippen molar-refractivity contribution in [3.63, 3.8) is 0 Å². The van der Waals surface area contributed by atoms with Crippen molar-refractivity contribution in [3.8, 4) is 0 Å². The molecule has 0 aromatic heterocycles. The van der Waals surface area contributed by atoms with Crippen LogP contribution in [0.25, 0.3) is 0 Å². The third-order valence-corrected chi connectivity index (χ3v) is 4.02. The van der Waals surface area contributed by atoms with Crippen LogP contribution in [0.15, 0.2) is 66.0 Å². The molecule has 0 unspecified atom stereocenters. The normalized spacial score (nSPS) is 18.2. The maximum absolute atomic E-state index is 12.6. The number of benzene rings is 2. The Morgan fingerprint density at radius 1 is 1.08 bits per heavy atom. The number of carbonyl (C=O) groups is 2. The molecule has 0 aliphatic carbocycles. The van der Waals surface area contributed by atoms with Gasteiger partial charge in [0.05, 0.1) is 13.2 Å². The highest BCUT2D eigenvalue weighted by Gasteiger charge is 2.27. The second-order valence-corrected chi connectivity index (χ2v) is 5.65. The number of hydrogen-bond donors (Lipinski definition) is 3. The Kier molecular flexibility index (Phi) is 4.70. The van der Waals surface area contributed by atoms with Crippen molar-refractivity contribution in [2.24, 2.45) is 0 Å². The highest BCUT2D eigenvalue weighted by atomic mass is 16.5. The van der Waals surface area contributed by atoms with E-state index in [2.05, 4.69) is 20.7 Å². The van der Waals surface area contributed by atoms with Gasteiger partial charge in [0.1, 0.15) is 5.70 Å². The second-order valence-electron chi connectivity index (χ2n) is 5.65. The van der Waals surface area contributed by atoms with Crippen molar-refractivity contribution < 1.29 is 14.3 Å². The molecular weight excluding hydrogens is 318 g/mol. The van der Waals surface area contributed by atoms with Crippen LogP contribution in [-0.2, 0) is 9.53 Å². The molecule has 0 fully saturated rings. The summed E-state index contributed by atoms with van der Waals surface area (Å²) >= 11 is 0. The fourth-order valence-electron chi connectivity index (χ4n) is 2.79. The molecule has 0 bridgehead atoms. The summed E-state index contributed by atoms with van der Waals surface area (Å²) in [4.78, 5) is 24.1. The van der Waals surface area contributed by atoms with Gasteiger partial charge in [-0.1, -0.05) is 48.5 Å². The lowest BCUT2D eigenvalue weighted by Gasteiger charge is -2.21.